The number of hydrogen-bond acceptors (Lipinski definition) is 4. The zero-order valence-corrected chi connectivity index (χ0v) is 10.8. The molecule has 0 spiro atoms. The summed E-state index contributed by atoms with van der Waals surface area (Å²) >= 11 is 0. The maximum absolute atomic E-state index is 11.6. The number of rotatable bonds is 4. The maximum Gasteiger partial charge on any atom is 0.277 e. The molecule has 0 radical (unpaired) electrons. The highest BCUT2D eigenvalue weighted by atomic mass is 16.5. The number of benzene rings is 1. The van der Waals surface area contributed by atoms with Gasteiger partial charge in [-0.25, -0.2) is 4.68 Å². The Morgan fingerprint density at radius 3 is 2.58 bits per heavy atom. The first-order chi connectivity index (χ1) is 9.15. The summed E-state index contributed by atoms with van der Waals surface area (Å²) in [5.41, 5.74) is 1.10. The molecular formula is C14H14N2O3. The molecular weight excluding hydrogens is 244 g/mol. The second kappa shape index (κ2) is 5.48. The standard InChI is InChI=1S/C14H14N2O3/c1-3-19-12-6-4-10(5-7-12)13-8-11(9-17)14(18)16(2)15-13/h4-9H,3H2,1-2H3. The van der Waals surface area contributed by atoms with Crippen LogP contribution in [0.1, 0.15) is 17.3 Å². The number of aromatic nitrogens is 2. The van der Waals surface area contributed by atoms with E-state index in [-0.39, 0.29) is 5.56 Å². The number of carbonyl (C=O) groups excluding carboxylic acids is 1. The zero-order chi connectivity index (χ0) is 13.8. The van der Waals surface area contributed by atoms with Gasteiger partial charge in [-0.2, -0.15) is 5.10 Å². The summed E-state index contributed by atoms with van der Waals surface area (Å²) in [6.07, 6.45) is 0.544. The molecule has 0 aliphatic carbocycles. The van der Waals surface area contributed by atoms with Crippen molar-refractivity contribution in [2.45, 2.75) is 6.92 Å². The first-order valence-corrected chi connectivity index (χ1v) is 5.92. The Labute approximate surface area is 110 Å². The number of aryl methyl sites for hydroxylation is 1. The monoisotopic (exact) mass is 258 g/mol. The predicted molar refractivity (Wildman–Crippen MR) is 71.5 cm³/mol. The van der Waals surface area contributed by atoms with Crippen molar-refractivity contribution in [2.24, 2.45) is 7.05 Å². The molecule has 0 saturated carbocycles. The SMILES string of the molecule is CCOc1ccc(-c2cc(C=O)c(=O)n(C)n2)cc1. The van der Waals surface area contributed by atoms with Crippen LogP contribution in [0.2, 0.25) is 0 Å². The van der Waals surface area contributed by atoms with Gasteiger partial charge in [-0.05, 0) is 37.3 Å². The van der Waals surface area contributed by atoms with E-state index in [9.17, 15) is 9.59 Å². The molecule has 0 aliphatic heterocycles. The van der Waals surface area contributed by atoms with Crippen molar-refractivity contribution < 1.29 is 9.53 Å². The van der Waals surface area contributed by atoms with E-state index in [1.165, 1.54) is 13.1 Å². The van der Waals surface area contributed by atoms with Gasteiger partial charge in [-0.15, -0.1) is 0 Å². The quantitative estimate of drug-likeness (QED) is 0.782. The summed E-state index contributed by atoms with van der Waals surface area (Å²) in [6.45, 7) is 2.52. The smallest absolute Gasteiger partial charge is 0.277 e. The summed E-state index contributed by atoms with van der Waals surface area (Å²) in [6, 6.07) is 8.82. The highest BCUT2D eigenvalue weighted by molar-refractivity contribution is 5.76. The van der Waals surface area contributed by atoms with Gasteiger partial charge >= 0.3 is 0 Å². The summed E-state index contributed by atoms with van der Waals surface area (Å²) in [4.78, 5) is 22.4. The van der Waals surface area contributed by atoms with Crippen molar-refractivity contribution in [3.05, 3.63) is 46.2 Å². The first kappa shape index (κ1) is 13.0. The van der Waals surface area contributed by atoms with Gasteiger partial charge in [0.15, 0.2) is 6.29 Å². The molecule has 0 amide bonds. The average Bonchev–Trinajstić information content (AvgIpc) is 2.43. The highest BCUT2D eigenvalue weighted by Gasteiger charge is 2.07. The molecule has 0 atom stereocenters. The van der Waals surface area contributed by atoms with Crippen LogP contribution in [0.25, 0.3) is 11.3 Å². The van der Waals surface area contributed by atoms with Crippen molar-refractivity contribution >= 4 is 6.29 Å². The van der Waals surface area contributed by atoms with Crippen LogP contribution in [0, 0.1) is 0 Å². The average molecular weight is 258 g/mol. The van der Waals surface area contributed by atoms with Gasteiger partial charge < -0.3 is 4.74 Å². The molecule has 0 fully saturated rings. The third-order valence-corrected chi connectivity index (χ3v) is 2.68. The summed E-state index contributed by atoms with van der Waals surface area (Å²) in [5.74, 6) is 0.770. The fourth-order valence-electron chi connectivity index (χ4n) is 1.75. The molecule has 5 heteroatoms. The molecule has 1 aromatic carbocycles. The second-order valence-electron chi connectivity index (χ2n) is 3.99. The molecule has 0 N–H and O–H groups in total. The van der Waals surface area contributed by atoms with Crippen molar-refractivity contribution in [1.29, 1.82) is 0 Å². The number of hydrogen-bond donors (Lipinski definition) is 0. The fourth-order valence-corrected chi connectivity index (χ4v) is 1.75. The fraction of sp³-hybridized carbons (Fsp3) is 0.214. The number of aldehydes is 1. The van der Waals surface area contributed by atoms with Gasteiger partial charge in [0.05, 0.1) is 17.9 Å². The number of carbonyl (C=O) groups is 1. The minimum atomic E-state index is -0.398. The lowest BCUT2D eigenvalue weighted by Gasteiger charge is -2.06. The molecule has 0 saturated heterocycles. The van der Waals surface area contributed by atoms with E-state index in [0.29, 0.717) is 18.6 Å². The Morgan fingerprint density at radius 2 is 2.00 bits per heavy atom. The van der Waals surface area contributed by atoms with Gasteiger partial charge in [0.2, 0.25) is 0 Å². The van der Waals surface area contributed by atoms with E-state index in [1.54, 1.807) is 0 Å². The Balaban J connectivity index is 2.44. The number of nitrogens with zero attached hydrogens (tertiary/aromatic N) is 2. The van der Waals surface area contributed by atoms with Crippen molar-refractivity contribution in [3.8, 4) is 17.0 Å². The zero-order valence-electron chi connectivity index (χ0n) is 10.8. The maximum atomic E-state index is 11.6. The van der Waals surface area contributed by atoms with Crippen LogP contribution in [-0.4, -0.2) is 22.7 Å². The molecule has 1 aromatic heterocycles. The summed E-state index contributed by atoms with van der Waals surface area (Å²) < 4.78 is 6.51. The lowest BCUT2D eigenvalue weighted by atomic mass is 10.1. The molecule has 0 aliphatic rings. The van der Waals surface area contributed by atoms with E-state index >= 15 is 0 Å². The third kappa shape index (κ3) is 2.70. The Morgan fingerprint density at radius 1 is 1.32 bits per heavy atom. The molecule has 98 valence electrons. The second-order valence-corrected chi connectivity index (χ2v) is 3.99. The lowest BCUT2D eigenvalue weighted by molar-refractivity contribution is 0.112. The molecule has 1 heterocycles. The van der Waals surface area contributed by atoms with E-state index < -0.39 is 5.56 Å². The third-order valence-electron chi connectivity index (χ3n) is 2.68. The minimum Gasteiger partial charge on any atom is -0.494 e. The van der Waals surface area contributed by atoms with Gasteiger partial charge in [-0.1, -0.05) is 0 Å². The van der Waals surface area contributed by atoms with Crippen molar-refractivity contribution in [3.63, 3.8) is 0 Å². The van der Waals surface area contributed by atoms with Gasteiger partial charge in [0.25, 0.3) is 5.56 Å². The highest BCUT2D eigenvalue weighted by Crippen LogP contribution is 2.20. The van der Waals surface area contributed by atoms with Gasteiger partial charge in [-0.3, -0.25) is 9.59 Å². The normalized spacial score (nSPS) is 10.2. The van der Waals surface area contributed by atoms with E-state index in [4.69, 9.17) is 4.74 Å². The van der Waals surface area contributed by atoms with Crippen LogP contribution in [0.15, 0.2) is 35.1 Å². The van der Waals surface area contributed by atoms with Crippen LogP contribution in [0.3, 0.4) is 0 Å². The minimum absolute atomic E-state index is 0.0985. The molecule has 5 nitrogen and oxygen atoms in total. The van der Waals surface area contributed by atoms with E-state index in [1.807, 2.05) is 31.2 Å². The molecule has 2 rings (SSSR count). The van der Waals surface area contributed by atoms with Crippen molar-refractivity contribution in [1.82, 2.24) is 9.78 Å². The summed E-state index contributed by atoms with van der Waals surface area (Å²) in [7, 11) is 1.52. The summed E-state index contributed by atoms with van der Waals surface area (Å²) in [5, 5.41) is 4.13. The van der Waals surface area contributed by atoms with Crippen molar-refractivity contribution in [2.75, 3.05) is 6.61 Å². The van der Waals surface area contributed by atoms with Crippen LogP contribution >= 0.6 is 0 Å². The predicted octanol–water partition coefficient (Wildman–Crippen LogP) is 1.66. The largest absolute Gasteiger partial charge is 0.494 e. The van der Waals surface area contributed by atoms with Gasteiger partial charge in [0, 0.05) is 12.6 Å². The number of ether oxygens (including phenoxy) is 1. The van der Waals surface area contributed by atoms with Crippen LogP contribution in [0.5, 0.6) is 5.75 Å². The molecule has 2 aromatic rings. The van der Waals surface area contributed by atoms with Crippen LogP contribution in [0.4, 0.5) is 0 Å². The Hall–Kier alpha value is -2.43. The Bertz CT molecular complexity index is 645. The van der Waals surface area contributed by atoms with E-state index in [2.05, 4.69) is 5.10 Å². The van der Waals surface area contributed by atoms with Crippen LogP contribution < -0.4 is 10.3 Å². The Kier molecular flexibility index (Phi) is 3.75. The van der Waals surface area contributed by atoms with Crippen LogP contribution in [-0.2, 0) is 7.05 Å². The van der Waals surface area contributed by atoms with Gasteiger partial charge in [0.1, 0.15) is 5.75 Å². The lowest BCUT2D eigenvalue weighted by Crippen LogP contribution is -2.23. The molecule has 0 bridgehead atoms. The molecule has 0 unspecified atom stereocenters. The molecule has 19 heavy (non-hydrogen) atoms. The van der Waals surface area contributed by atoms with E-state index in [0.717, 1.165) is 16.0 Å². The first-order valence-electron chi connectivity index (χ1n) is 5.92. The topological polar surface area (TPSA) is 61.2 Å².